The van der Waals surface area contributed by atoms with Crippen molar-refractivity contribution in [3.63, 3.8) is 0 Å². The third-order valence-corrected chi connectivity index (χ3v) is 2.65. The largest absolute Gasteiger partial charge is 0.464 e. The minimum Gasteiger partial charge on any atom is -0.464 e. The average Bonchev–Trinajstić information content (AvgIpc) is 2.97. The smallest absolute Gasteiger partial charge is 0.152 e. The molecular weight excluding hydrogens is 202 g/mol. The first kappa shape index (κ1) is 8.97. The van der Waals surface area contributed by atoms with Crippen LogP contribution in [0.15, 0.2) is 47.2 Å². The van der Waals surface area contributed by atoms with E-state index in [0.717, 1.165) is 28.5 Å². The Morgan fingerprint density at radius 1 is 1.19 bits per heavy atom. The van der Waals surface area contributed by atoms with Gasteiger partial charge in [0.15, 0.2) is 6.29 Å². The average molecular weight is 211 g/mol. The van der Waals surface area contributed by atoms with Crippen LogP contribution < -0.4 is 0 Å². The summed E-state index contributed by atoms with van der Waals surface area (Å²) in [5.74, 6) is 0.772. The van der Waals surface area contributed by atoms with Crippen molar-refractivity contribution in [3.8, 4) is 11.3 Å². The van der Waals surface area contributed by atoms with Crippen LogP contribution in [0.4, 0.5) is 0 Å². The lowest BCUT2D eigenvalue weighted by Crippen LogP contribution is -1.80. The van der Waals surface area contributed by atoms with E-state index in [-0.39, 0.29) is 0 Å². The van der Waals surface area contributed by atoms with Crippen LogP contribution in [0.5, 0.6) is 0 Å². The van der Waals surface area contributed by atoms with Gasteiger partial charge in [-0.25, -0.2) is 0 Å². The molecule has 0 unspecified atom stereocenters. The van der Waals surface area contributed by atoms with E-state index in [2.05, 4.69) is 4.98 Å². The van der Waals surface area contributed by atoms with Crippen LogP contribution in [0.1, 0.15) is 10.4 Å². The fourth-order valence-electron chi connectivity index (χ4n) is 1.94. The highest BCUT2D eigenvalue weighted by atomic mass is 16.3. The summed E-state index contributed by atoms with van der Waals surface area (Å²) >= 11 is 0. The van der Waals surface area contributed by atoms with Crippen LogP contribution in [0, 0.1) is 0 Å². The van der Waals surface area contributed by atoms with Gasteiger partial charge < -0.3 is 9.40 Å². The minimum absolute atomic E-state index is 0.655. The Balaban J connectivity index is 2.39. The van der Waals surface area contributed by atoms with Crippen molar-refractivity contribution >= 4 is 17.2 Å². The van der Waals surface area contributed by atoms with Crippen LogP contribution in [-0.2, 0) is 0 Å². The molecule has 0 saturated carbocycles. The third kappa shape index (κ3) is 1.18. The fraction of sp³-hybridized carbons (Fsp3) is 0. The molecule has 0 saturated heterocycles. The number of carbonyl (C=O) groups is 1. The number of carbonyl (C=O) groups excluding carboxylic acids is 1. The summed E-state index contributed by atoms with van der Waals surface area (Å²) in [4.78, 5) is 14.0. The molecule has 3 heteroatoms. The summed E-state index contributed by atoms with van der Waals surface area (Å²) < 4.78 is 5.37. The van der Waals surface area contributed by atoms with E-state index in [1.165, 1.54) is 0 Å². The van der Waals surface area contributed by atoms with E-state index in [1.54, 1.807) is 12.5 Å². The van der Waals surface area contributed by atoms with E-state index in [9.17, 15) is 4.79 Å². The quantitative estimate of drug-likeness (QED) is 0.661. The lowest BCUT2D eigenvalue weighted by Gasteiger charge is -2.00. The predicted octanol–water partition coefficient (Wildman–Crippen LogP) is 3.24. The molecule has 0 aliphatic carbocycles. The summed E-state index contributed by atoms with van der Waals surface area (Å²) in [6, 6.07) is 9.54. The summed E-state index contributed by atoms with van der Waals surface area (Å²) in [5, 5.41) is 0.910. The van der Waals surface area contributed by atoms with E-state index in [1.807, 2.05) is 30.3 Å². The normalized spacial score (nSPS) is 10.8. The first-order valence-electron chi connectivity index (χ1n) is 4.99. The number of fused-ring (bicyclic) bond motifs is 1. The number of furan rings is 1. The molecule has 0 spiro atoms. The minimum atomic E-state index is 0.655. The standard InChI is InChI=1S/C13H9NO2/c15-8-9-7-14-11-4-1-3-10(13(9)11)12-5-2-6-16-12/h1-8,14H. The van der Waals surface area contributed by atoms with Gasteiger partial charge in [-0.2, -0.15) is 0 Å². The van der Waals surface area contributed by atoms with Gasteiger partial charge in [0.05, 0.1) is 6.26 Å². The van der Waals surface area contributed by atoms with Gasteiger partial charge in [-0.3, -0.25) is 4.79 Å². The lowest BCUT2D eigenvalue weighted by molar-refractivity contribution is 0.112. The second kappa shape index (κ2) is 3.38. The van der Waals surface area contributed by atoms with Crippen LogP contribution >= 0.6 is 0 Å². The summed E-state index contributed by atoms with van der Waals surface area (Å²) in [7, 11) is 0. The molecule has 3 aromatic rings. The molecule has 16 heavy (non-hydrogen) atoms. The van der Waals surface area contributed by atoms with Crippen molar-refractivity contribution in [3.05, 3.63) is 48.4 Å². The number of hydrogen-bond acceptors (Lipinski definition) is 2. The van der Waals surface area contributed by atoms with Crippen LogP contribution in [0.3, 0.4) is 0 Å². The summed E-state index contributed by atoms with van der Waals surface area (Å²) in [6.45, 7) is 0. The van der Waals surface area contributed by atoms with E-state index < -0.39 is 0 Å². The molecule has 0 aliphatic heterocycles. The monoisotopic (exact) mass is 211 g/mol. The van der Waals surface area contributed by atoms with Crippen molar-refractivity contribution in [2.24, 2.45) is 0 Å². The number of aromatic amines is 1. The SMILES string of the molecule is O=Cc1c[nH]c2cccc(-c3ccco3)c12. The molecule has 1 aromatic carbocycles. The second-order valence-electron chi connectivity index (χ2n) is 3.57. The van der Waals surface area contributed by atoms with Crippen molar-refractivity contribution in [2.45, 2.75) is 0 Å². The molecule has 2 heterocycles. The summed E-state index contributed by atoms with van der Waals surface area (Å²) in [6.07, 6.45) is 4.19. The van der Waals surface area contributed by atoms with Crippen molar-refractivity contribution in [1.29, 1.82) is 0 Å². The molecule has 1 N–H and O–H groups in total. The van der Waals surface area contributed by atoms with Crippen molar-refractivity contribution in [1.82, 2.24) is 4.98 Å². The first-order chi connectivity index (χ1) is 7.90. The maximum Gasteiger partial charge on any atom is 0.152 e. The van der Waals surface area contributed by atoms with Crippen LogP contribution in [0.2, 0.25) is 0 Å². The number of H-pyrrole nitrogens is 1. The maximum atomic E-state index is 11.0. The van der Waals surface area contributed by atoms with Gasteiger partial charge in [0.1, 0.15) is 5.76 Å². The lowest BCUT2D eigenvalue weighted by atomic mass is 10.0. The molecular formula is C13H9NO2. The zero-order valence-corrected chi connectivity index (χ0v) is 8.44. The Hall–Kier alpha value is -2.29. The molecule has 0 radical (unpaired) electrons. The second-order valence-corrected chi connectivity index (χ2v) is 3.57. The Kier molecular flexibility index (Phi) is 1.90. The number of aldehydes is 1. The third-order valence-electron chi connectivity index (χ3n) is 2.65. The van der Waals surface area contributed by atoms with E-state index >= 15 is 0 Å². The molecule has 3 nitrogen and oxygen atoms in total. The Labute approximate surface area is 91.7 Å². The number of rotatable bonds is 2. The Morgan fingerprint density at radius 3 is 2.88 bits per heavy atom. The highest BCUT2D eigenvalue weighted by Crippen LogP contribution is 2.30. The molecule has 0 amide bonds. The van der Waals surface area contributed by atoms with Gasteiger partial charge in [-0.1, -0.05) is 12.1 Å². The van der Waals surface area contributed by atoms with E-state index in [0.29, 0.717) is 5.56 Å². The Bertz CT molecular complexity index is 635. The molecule has 0 aliphatic rings. The van der Waals surface area contributed by atoms with Gasteiger partial charge in [0.2, 0.25) is 0 Å². The van der Waals surface area contributed by atoms with Crippen molar-refractivity contribution in [2.75, 3.05) is 0 Å². The van der Waals surface area contributed by atoms with Gasteiger partial charge in [0.25, 0.3) is 0 Å². The van der Waals surface area contributed by atoms with Crippen LogP contribution in [-0.4, -0.2) is 11.3 Å². The van der Waals surface area contributed by atoms with Gasteiger partial charge in [0, 0.05) is 28.2 Å². The zero-order valence-electron chi connectivity index (χ0n) is 8.44. The highest BCUT2D eigenvalue weighted by Gasteiger charge is 2.10. The fourth-order valence-corrected chi connectivity index (χ4v) is 1.94. The number of aromatic nitrogens is 1. The highest BCUT2D eigenvalue weighted by molar-refractivity contribution is 6.05. The van der Waals surface area contributed by atoms with Gasteiger partial charge >= 0.3 is 0 Å². The molecule has 0 fully saturated rings. The molecule has 3 rings (SSSR count). The molecule has 2 aromatic heterocycles. The molecule has 78 valence electrons. The Morgan fingerprint density at radius 2 is 2.12 bits per heavy atom. The van der Waals surface area contributed by atoms with E-state index in [4.69, 9.17) is 4.42 Å². The van der Waals surface area contributed by atoms with Crippen molar-refractivity contribution < 1.29 is 9.21 Å². The van der Waals surface area contributed by atoms with Gasteiger partial charge in [-0.15, -0.1) is 0 Å². The topological polar surface area (TPSA) is 46.0 Å². The molecule has 0 bridgehead atoms. The predicted molar refractivity (Wildman–Crippen MR) is 61.4 cm³/mol. The number of nitrogens with one attached hydrogen (secondary N) is 1. The zero-order chi connectivity index (χ0) is 11.0. The first-order valence-corrected chi connectivity index (χ1v) is 4.99. The van der Waals surface area contributed by atoms with Gasteiger partial charge in [-0.05, 0) is 18.2 Å². The number of hydrogen-bond donors (Lipinski definition) is 1. The maximum absolute atomic E-state index is 11.0. The number of benzene rings is 1. The summed E-state index contributed by atoms with van der Waals surface area (Å²) in [5.41, 5.74) is 2.53. The van der Waals surface area contributed by atoms with Crippen LogP contribution in [0.25, 0.3) is 22.2 Å². The molecule has 0 atom stereocenters.